The third-order valence-corrected chi connectivity index (χ3v) is 2.92. The largest absolute Gasteiger partial charge is 0.478 e. The van der Waals surface area contributed by atoms with Gasteiger partial charge in [-0.15, -0.1) is 0 Å². The van der Waals surface area contributed by atoms with Crippen molar-refractivity contribution in [3.05, 3.63) is 46.8 Å². The molecule has 19 heavy (non-hydrogen) atoms. The second-order valence-corrected chi connectivity index (χ2v) is 4.31. The summed E-state index contributed by atoms with van der Waals surface area (Å²) >= 11 is 0. The van der Waals surface area contributed by atoms with Gasteiger partial charge in [-0.3, -0.25) is 4.79 Å². The normalized spacial score (nSPS) is 13.5. The van der Waals surface area contributed by atoms with E-state index in [1.807, 2.05) is 0 Å². The van der Waals surface area contributed by atoms with E-state index >= 15 is 0 Å². The van der Waals surface area contributed by atoms with Crippen molar-refractivity contribution in [3.8, 4) is 0 Å². The van der Waals surface area contributed by atoms with E-state index in [1.165, 1.54) is 26.0 Å². The van der Waals surface area contributed by atoms with Crippen LogP contribution in [0.25, 0.3) is 0 Å². The van der Waals surface area contributed by atoms with Gasteiger partial charge >= 0.3 is 5.97 Å². The molecule has 1 aromatic carbocycles. The molecule has 0 fully saturated rings. The van der Waals surface area contributed by atoms with Gasteiger partial charge in [0.1, 0.15) is 5.82 Å². The lowest BCUT2D eigenvalue weighted by Gasteiger charge is -2.15. The molecule has 1 aromatic rings. The van der Waals surface area contributed by atoms with Gasteiger partial charge in [-0.2, -0.15) is 0 Å². The van der Waals surface area contributed by atoms with E-state index < -0.39 is 17.9 Å². The first-order valence-corrected chi connectivity index (χ1v) is 5.80. The molecule has 0 radical (unpaired) electrons. The fourth-order valence-corrected chi connectivity index (χ4v) is 1.49. The first-order chi connectivity index (χ1) is 8.82. The molecule has 2 N–H and O–H groups in total. The predicted octanol–water partition coefficient (Wildman–Crippen LogP) is 2.42. The SMILES string of the molecule is C/C(C(=O)O)=C(\C)C(=O)N[C@H](C)c1cccc(F)c1. The number of amides is 1. The van der Waals surface area contributed by atoms with E-state index in [-0.39, 0.29) is 17.0 Å². The molecule has 0 heterocycles. The number of hydrogen-bond acceptors (Lipinski definition) is 2. The summed E-state index contributed by atoms with van der Waals surface area (Å²) in [5.41, 5.74) is 0.744. The molecule has 1 atom stereocenters. The van der Waals surface area contributed by atoms with Crippen LogP contribution in [0, 0.1) is 5.82 Å². The highest BCUT2D eigenvalue weighted by molar-refractivity contribution is 6.01. The summed E-state index contributed by atoms with van der Waals surface area (Å²) in [5.74, 6) is -1.99. The van der Waals surface area contributed by atoms with Crippen LogP contribution in [0.4, 0.5) is 4.39 Å². The van der Waals surface area contributed by atoms with Gasteiger partial charge in [-0.05, 0) is 38.5 Å². The number of carbonyl (C=O) groups is 2. The lowest BCUT2D eigenvalue weighted by atomic mass is 10.1. The summed E-state index contributed by atoms with van der Waals surface area (Å²) < 4.78 is 13.1. The highest BCUT2D eigenvalue weighted by Crippen LogP contribution is 2.14. The molecule has 0 aliphatic heterocycles. The van der Waals surface area contributed by atoms with E-state index in [2.05, 4.69) is 5.32 Å². The van der Waals surface area contributed by atoms with Crippen LogP contribution in [0.15, 0.2) is 35.4 Å². The van der Waals surface area contributed by atoms with Crippen molar-refractivity contribution in [3.63, 3.8) is 0 Å². The van der Waals surface area contributed by atoms with Crippen molar-refractivity contribution in [2.75, 3.05) is 0 Å². The average molecular weight is 265 g/mol. The molecule has 4 nitrogen and oxygen atoms in total. The minimum Gasteiger partial charge on any atom is -0.478 e. The van der Waals surface area contributed by atoms with Gasteiger partial charge < -0.3 is 10.4 Å². The maximum Gasteiger partial charge on any atom is 0.331 e. The Morgan fingerprint density at radius 1 is 1.26 bits per heavy atom. The minimum absolute atomic E-state index is 0.0102. The van der Waals surface area contributed by atoms with Crippen LogP contribution >= 0.6 is 0 Å². The third kappa shape index (κ3) is 3.91. The summed E-state index contributed by atoms with van der Waals surface area (Å²) in [6, 6.07) is 5.49. The predicted molar refractivity (Wildman–Crippen MR) is 69.0 cm³/mol. The Morgan fingerprint density at radius 3 is 2.42 bits per heavy atom. The Kier molecular flexibility index (Phi) is 4.80. The van der Waals surface area contributed by atoms with E-state index in [4.69, 9.17) is 5.11 Å². The molecule has 0 aliphatic carbocycles. The Morgan fingerprint density at radius 2 is 1.89 bits per heavy atom. The molecular formula is C14H16FNO3. The maximum absolute atomic E-state index is 13.1. The molecule has 1 amide bonds. The van der Waals surface area contributed by atoms with Gasteiger partial charge in [0.15, 0.2) is 0 Å². The van der Waals surface area contributed by atoms with Crippen molar-refractivity contribution < 1.29 is 19.1 Å². The smallest absolute Gasteiger partial charge is 0.331 e. The lowest BCUT2D eigenvalue weighted by Crippen LogP contribution is -2.28. The zero-order chi connectivity index (χ0) is 14.6. The molecule has 0 unspecified atom stereocenters. The fourth-order valence-electron chi connectivity index (χ4n) is 1.49. The average Bonchev–Trinajstić information content (AvgIpc) is 2.36. The van der Waals surface area contributed by atoms with E-state index in [1.54, 1.807) is 19.1 Å². The summed E-state index contributed by atoms with van der Waals surface area (Å²) in [6.45, 7) is 4.51. The molecule has 0 saturated carbocycles. The van der Waals surface area contributed by atoms with Crippen LogP contribution in [0.5, 0.6) is 0 Å². The molecule has 0 spiro atoms. The van der Waals surface area contributed by atoms with Gasteiger partial charge in [0.2, 0.25) is 5.91 Å². The fraction of sp³-hybridized carbons (Fsp3) is 0.286. The van der Waals surface area contributed by atoms with Crippen LogP contribution < -0.4 is 5.32 Å². The molecule has 0 aliphatic rings. The van der Waals surface area contributed by atoms with Gasteiger partial charge in [0.25, 0.3) is 0 Å². The summed E-state index contributed by atoms with van der Waals surface area (Å²) in [7, 11) is 0. The minimum atomic E-state index is -1.13. The number of aliphatic carboxylic acids is 1. The molecule has 0 bridgehead atoms. The first-order valence-electron chi connectivity index (χ1n) is 5.80. The molecular weight excluding hydrogens is 249 g/mol. The number of carboxylic acid groups (broad SMARTS) is 1. The Hall–Kier alpha value is -2.17. The van der Waals surface area contributed by atoms with E-state index in [0.717, 1.165) is 0 Å². The van der Waals surface area contributed by atoms with Crippen molar-refractivity contribution in [2.24, 2.45) is 0 Å². The summed E-state index contributed by atoms with van der Waals surface area (Å²) in [6.07, 6.45) is 0. The van der Waals surface area contributed by atoms with Crippen LogP contribution in [0.3, 0.4) is 0 Å². The lowest BCUT2D eigenvalue weighted by molar-refractivity contribution is -0.133. The van der Waals surface area contributed by atoms with Gasteiger partial charge in [-0.25, -0.2) is 9.18 Å². The molecule has 0 aromatic heterocycles. The monoisotopic (exact) mass is 265 g/mol. The number of benzene rings is 1. The number of nitrogens with one attached hydrogen (secondary N) is 1. The van der Waals surface area contributed by atoms with E-state index in [0.29, 0.717) is 5.56 Å². The van der Waals surface area contributed by atoms with E-state index in [9.17, 15) is 14.0 Å². The topological polar surface area (TPSA) is 66.4 Å². The van der Waals surface area contributed by atoms with Crippen LogP contribution in [0.1, 0.15) is 32.4 Å². The Labute approximate surface area is 110 Å². The Balaban J connectivity index is 2.83. The van der Waals surface area contributed by atoms with Crippen molar-refractivity contribution in [2.45, 2.75) is 26.8 Å². The Bertz CT molecular complexity index is 537. The number of rotatable bonds is 4. The molecule has 1 rings (SSSR count). The number of carbonyl (C=O) groups excluding carboxylic acids is 1. The van der Waals surface area contributed by atoms with Crippen molar-refractivity contribution in [1.29, 1.82) is 0 Å². The van der Waals surface area contributed by atoms with Gasteiger partial charge in [0, 0.05) is 11.1 Å². The first kappa shape index (κ1) is 14.9. The summed E-state index contributed by atoms with van der Waals surface area (Å²) in [4.78, 5) is 22.6. The molecule has 102 valence electrons. The van der Waals surface area contributed by atoms with Crippen LogP contribution in [-0.4, -0.2) is 17.0 Å². The third-order valence-electron chi connectivity index (χ3n) is 2.92. The van der Waals surface area contributed by atoms with Crippen LogP contribution in [0.2, 0.25) is 0 Å². The number of hydrogen-bond donors (Lipinski definition) is 2. The second kappa shape index (κ2) is 6.13. The zero-order valence-corrected chi connectivity index (χ0v) is 11.0. The highest BCUT2D eigenvalue weighted by atomic mass is 19.1. The number of halogens is 1. The quantitative estimate of drug-likeness (QED) is 0.822. The maximum atomic E-state index is 13.1. The van der Waals surface area contributed by atoms with Crippen LogP contribution in [-0.2, 0) is 9.59 Å². The van der Waals surface area contributed by atoms with Gasteiger partial charge in [-0.1, -0.05) is 12.1 Å². The summed E-state index contributed by atoms with van der Waals surface area (Å²) in [5, 5.41) is 11.4. The zero-order valence-electron chi connectivity index (χ0n) is 11.0. The number of carboxylic acids is 1. The molecule has 5 heteroatoms. The highest BCUT2D eigenvalue weighted by Gasteiger charge is 2.15. The van der Waals surface area contributed by atoms with Crippen molar-refractivity contribution >= 4 is 11.9 Å². The van der Waals surface area contributed by atoms with Gasteiger partial charge in [0.05, 0.1) is 6.04 Å². The standard InChI is InChI=1S/C14H16FNO3/c1-8(9(2)14(18)19)13(17)16-10(3)11-5-4-6-12(15)7-11/h4-7,10H,1-3H3,(H,16,17)(H,18,19)/b9-8-/t10-/m1/s1. The molecule has 0 saturated heterocycles. The second-order valence-electron chi connectivity index (χ2n) is 4.31. The van der Waals surface area contributed by atoms with Crippen molar-refractivity contribution in [1.82, 2.24) is 5.32 Å².